The van der Waals surface area contributed by atoms with E-state index in [2.05, 4.69) is 5.32 Å². The topological polar surface area (TPSA) is 92.7 Å². The minimum atomic E-state index is -0.719. The number of hydrogen-bond donors (Lipinski definition) is 2. The molecule has 6 heteroatoms. The summed E-state index contributed by atoms with van der Waals surface area (Å²) in [7, 11) is 0. The summed E-state index contributed by atoms with van der Waals surface area (Å²) in [4.78, 5) is 36.3. The Kier molecular flexibility index (Phi) is 5.71. The molecule has 0 heterocycles. The number of benzene rings is 1. The Morgan fingerprint density at radius 1 is 1.10 bits per heavy atom. The van der Waals surface area contributed by atoms with Gasteiger partial charge in [0.25, 0.3) is 0 Å². The van der Waals surface area contributed by atoms with E-state index in [1.54, 1.807) is 12.1 Å². The Labute approximate surface area is 177 Å². The summed E-state index contributed by atoms with van der Waals surface area (Å²) in [6.45, 7) is 1.87. The smallest absolute Gasteiger partial charge is 0.312 e. The zero-order valence-electron chi connectivity index (χ0n) is 17.6. The number of hydrogen-bond acceptors (Lipinski definition) is 5. The Morgan fingerprint density at radius 3 is 2.37 bits per heavy atom. The van der Waals surface area contributed by atoms with Gasteiger partial charge < -0.3 is 15.2 Å². The zero-order chi connectivity index (χ0) is 21.4. The van der Waals surface area contributed by atoms with Gasteiger partial charge in [-0.15, -0.1) is 0 Å². The molecule has 0 spiro atoms. The number of ether oxygens (including phenoxy) is 1. The SMILES string of the molecule is CC(=O)NCCCc1ccc(C(=O)COC(=O)C23C[C@H]4C[C@@H](CC(O)(C4)C2)C3)cc1. The maximum atomic E-state index is 12.9. The second-order valence-corrected chi connectivity index (χ2v) is 9.75. The number of Topliss-reactive ketones (excluding diaryl/α,β-unsaturated/α-hetero) is 1. The Morgan fingerprint density at radius 2 is 1.77 bits per heavy atom. The predicted octanol–water partition coefficient (Wildman–Crippen LogP) is 2.81. The highest BCUT2D eigenvalue weighted by Gasteiger charge is 2.60. The highest BCUT2D eigenvalue weighted by atomic mass is 16.5. The molecule has 2 atom stereocenters. The van der Waals surface area contributed by atoms with E-state index in [0.29, 0.717) is 30.4 Å². The molecule has 0 radical (unpaired) electrons. The first-order valence-corrected chi connectivity index (χ1v) is 11.0. The van der Waals surface area contributed by atoms with E-state index in [9.17, 15) is 19.5 Å². The second-order valence-electron chi connectivity index (χ2n) is 9.75. The summed E-state index contributed by atoms with van der Waals surface area (Å²) in [6, 6.07) is 7.32. The third kappa shape index (κ3) is 4.43. The van der Waals surface area contributed by atoms with Crippen LogP contribution in [0, 0.1) is 17.3 Å². The number of carbonyl (C=O) groups is 3. The van der Waals surface area contributed by atoms with Gasteiger partial charge in [0.2, 0.25) is 5.91 Å². The van der Waals surface area contributed by atoms with Gasteiger partial charge in [-0.1, -0.05) is 24.3 Å². The van der Waals surface area contributed by atoms with E-state index < -0.39 is 11.0 Å². The van der Waals surface area contributed by atoms with Crippen molar-refractivity contribution >= 4 is 17.7 Å². The van der Waals surface area contributed by atoms with Crippen molar-refractivity contribution in [2.24, 2.45) is 17.3 Å². The van der Waals surface area contributed by atoms with Crippen molar-refractivity contribution in [3.8, 4) is 0 Å². The summed E-state index contributed by atoms with van der Waals surface area (Å²) in [5.41, 5.74) is 0.299. The monoisotopic (exact) mass is 413 g/mol. The Hall–Kier alpha value is -2.21. The minimum Gasteiger partial charge on any atom is -0.457 e. The molecule has 1 aromatic rings. The van der Waals surface area contributed by atoms with Crippen LogP contribution in [0.15, 0.2) is 24.3 Å². The molecule has 1 amide bonds. The van der Waals surface area contributed by atoms with Crippen molar-refractivity contribution in [3.63, 3.8) is 0 Å². The van der Waals surface area contributed by atoms with Crippen LogP contribution in [0.25, 0.3) is 0 Å². The average molecular weight is 414 g/mol. The molecular formula is C24H31NO5. The number of esters is 1. The molecule has 4 saturated carbocycles. The number of nitrogens with one attached hydrogen (secondary N) is 1. The lowest BCUT2D eigenvalue weighted by Gasteiger charge is -2.58. The minimum absolute atomic E-state index is 0.0341. The van der Waals surface area contributed by atoms with E-state index in [-0.39, 0.29) is 24.3 Å². The number of ketones is 1. The van der Waals surface area contributed by atoms with Crippen molar-refractivity contribution in [2.75, 3.05) is 13.2 Å². The van der Waals surface area contributed by atoms with Gasteiger partial charge in [0.15, 0.2) is 12.4 Å². The molecule has 5 rings (SSSR count). The lowest BCUT2D eigenvalue weighted by Crippen LogP contribution is -2.58. The molecule has 0 aromatic heterocycles. The van der Waals surface area contributed by atoms with Crippen molar-refractivity contribution in [1.82, 2.24) is 5.32 Å². The van der Waals surface area contributed by atoms with E-state index in [1.165, 1.54) is 6.92 Å². The molecule has 4 fully saturated rings. The fourth-order valence-electron chi connectivity index (χ4n) is 6.23. The van der Waals surface area contributed by atoms with E-state index >= 15 is 0 Å². The van der Waals surface area contributed by atoms with E-state index in [1.807, 2.05) is 12.1 Å². The van der Waals surface area contributed by atoms with Crippen LogP contribution >= 0.6 is 0 Å². The molecule has 2 N–H and O–H groups in total. The van der Waals surface area contributed by atoms with Gasteiger partial charge in [0.1, 0.15) is 0 Å². The summed E-state index contributed by atoms with van der Waals surface area (Å²) >= 11 is 0. The van der Waals surface area contributed by atoms with Gasteiger partial charge in [0, 0.05) is 19.0 Å². The summed E-state index contributed by atoms with van der Waals surface area (Å²) in [5, 5.41) is 13.6. The molecule has 1 aromatic carbocycles. The van der Waals surface area contributed by atoms with Gasteiger partial charge >= 0.3 is 5.97 Å². The summed E-state index contributed by atoms with van der Waals surface area (Å²) in [5.74, 6) is 0.248. The number of aliphatic hydroxyl groups is 1. The largest absolute Gasteiger partial charge is 0.457 e. The van der Waals surface area contributed by atoms with Crippen LogP contribution in [-0.4, -0.2) is 41.5 Å². The lowest BCUT2D eigenvalue weighted by atomic mass is 9.48. The highest BCUT2D eigenvalue weighted by Crippen LogP contribution is 2.61. The van der Waals surface area contributed by atoms with Gasteiger partial charge in [-0.05, 0) is 68.8 Å². The first kappa shape index (κ1) is 21.0. The number of carbonyl (C=O) groups excluding carboxylic acids is 3. The van der Waals surface area contributed by atoms with Crippen LogP contribution in [0.1, 0.15) is 67.8 Å². The molecule has 4 bridgehead atoms. The second kappa shape index (κ2) is 8.14. The van der Waals surface area contributed by atoms with E-state index in [0.717, 1.165) is 50.5 Å². The molecule has 4 aliphatic carbocycles. The summed E-state index contributed by atoms with van der Waals surface area (Å²) < 4.78 is 5.48. The van der Waals surface area contributed by atoms with Gasteiger partial charge in [-0.3, -0.25) is 14.4 Å². The van der Waals surface area contributed by atoms with Crippen molar-refractivity contribution in [2.45, 2.75) is 63.9 Å². The normalized spacial score (nSPS) is 31.4. The molecule has 30 heavy (non-hydrogen) atoms. The van der Waals surface area contributed by atoms with Crippen molar-refractivity contribution in [1.29, 1.82) is 0 Å². The van der Waals surface area contributed by atoms with Gasteiger partial charge in [-0.2, -0.15) is 0 Å². The molecule has 0 aliphatic heterocycles. The first-order valence-electron chi connectivity index (χ1n) is 11.0. The molecule has 0 saturated heterocycles. The van der Waals surface area contributed by atoms with Crippen LogP contribution in [-0.2, 0) is 20.7 Å². The Bertz CT molecular complexity index is 817. The van der Waals surface area contributed by atoms with Crippen molar-refractivity contribution < 1.29 is 24.2 Å². The predicted molar refractivity (Wildman–Crippen MR) is 111 cm³/mol. The quantitative estimate of drug-likeness (QED) is 0.388. The van der Waals surface area contributed by atoms with Crippen LogP contribution in [0.5, 0.6) is 0 Å². The number of rotatable bonds is 8. The van der Waals surface area contributed by atoms with Crippen LogP contribution in [0.4, 0.5) is 0 Å². The maximum Gasteiger partial charge on any atom is 0.312 e. The fourth-order valence-corrected chi connectivity index (χ4v) is 6.23. The van der Waals surface area contributed by atoms with Gasteiger partial charge in [0.05, 0.1) is 11.0 Å². The maximum absolute atomic E-state index is 12.9. The van der Waals surface area contributed by atoms with E-state index in [4.69, 9.17) is 4.74 Å². The molecule has 162 valence electrons. The molecule has 4 aliphatic rings. The Balaban J connectivity index is 1.28. The molecule has 0 unspecified atom stereocenters. The van der Waals surface area contributed by atoms with Crippen LogP contribution < -0.4 is 5.32 Å². The van der Waals surface area contributed by atoms with Crippen molar-refractivity contribution in [3.05, 3.63) is 35.4 Å². The third-order valence-electron chi connectivity index (χ3n) is 7.09. The lowest BCUT2D eigenvalue weighted by molar-refractivity contribution is -0.195. The third-order valence-corrected chi connectivity index (χ3v) is 7.09. The van der Waals surface area contributed by atoms with Crippen LogP contribution in [0.2, 0.25) is 0 Å². The van der Waals surface area contributed by atoms with Gasteiger partial charge in [-0.25, -0.2) is 0 Å². The first-order chi connectivity index (χ1) is 14.3. The number of amides is 1. The average Bonchev–Trinajstić information content (AvgIpc) is 2.67. The highest BCUT2D eigenvalue weighted by molar-refractivity contribution is 5.98. The molecule has 6 nitrogen and oxygen atoms in total. The standard InChI is InChI=1S/C24H31NO5/c1-16(26)25-8-2-3-17-4-6-20(7-5-17)21(27)14-30-22(28)23-10-18-9-19(11-23)13-24(29,12-18)15-23/h4-7,18-19,29H,2-3,8-15H2,1H3,(H,25,26)/t18-,19-,23?,24?/m1/s1. The van der Waals surface area contributed by atoms with Crippen LogP contribution in [0.3, 0.4) is 0 Å². The number of aryl methyl sites for hydroxylation is 1. The summed E-state index contributed by atoms with van der Waals surface area (Å²) in [6.07, 6.45) is 6.40. The zero-order valence-corrected chi connectivity index (χ0v) is 17.6. The molecular weight excluding hydrogens is 382 g/mol. The fraction of sp³-hybridized carbons (Fsp3) is 0.625.